The minimum absolute atomic E-state index is 0.0302. The number of amides is 1. The number of nitro benzene ring substituents is 1. The van der Waals surface area contributed by atoms with Crippen LogP contribution in [0.5, 0.6) is 5.75 Å². The summed E-state index contributed by atoms with van der Waals surface area (Å²) in [4.78, 5) is 22.6. The third-order valence-corrected chi connectivity index (χ3v) is 4.47. The van der Waals surface area contributed by atoms with Gasteiger partial charge in [0.2, 0.25) is 0 Å². The van der Waals surface area contributed by atoms with Crippen molar-refractivity contribution in [3.8, 4) is 5.75 Å². The van der Waals surface area contributed by atoms with Gasteiger partial charge in [0, 0.05) is 6.07 Å². The lowest BCUT2D eigenvalue weighted by atomic mass is 10.0. The number of nitrogens with one attached hydrogen (secondary N) is 1. The van der Waals surface area contributed by atoms with Crippen LogP contribution in [-0.2, 0) is 4.79 Å². The fourth-order valence-electron chi connectivity index (χ4n) is 2.96. The number of hydrogen-bond acceptors (Lipinski definition) is 4. The van der Waals surface area contributed by atoms with E-state index >= 15 is 0 Å². The molecule has 1 N–H and O–H groups in total. The Morgan fingerprint density at radius 3 is 2.64 bits per heavy atom. The summed E-state index contributed by atoms with van der Waals surface area (Å²) < 4.78 is 5.41. The van der Waals surface area contributed by atoms with Gasteiger partial charge in [0.15, 0.2) is 6.61 Å². The van der Waals surface area contributed by atoms with Crippen molar-refractivity contribution in [1.29, 1.82) is 0 Å². The van der Waals surface area contributed by atoms with E-state index in [0.717, 1.165) is 12.0 Å². The van der Waals surface area contributed by atoms with E-state index in [4.69, 9.17) is 4.74 Å². The van der Waals surface area contributed by atoms with Gasteiger partial charge in [-0.05, 0) is 29.9 Å². The molecule has 0 heterocycles. The number of carbonyl (C=O) groups excluding carboxylic acids is 1. The summed E-state index contributed by atoms with van der Waals surface area (Å²) in [5.41, 5.74) is 1.02. The first-order chi connectivity index (χ1) is 12.0. The third-order valence-electron chi connectivity index (χ3n) is 4.47. The van der Waals surface area contributed by atoms with Gasteiger partial charge in [-0.25, -0.2) is 0 Å². The molecule has 0 spiro atoms. The highest BCUT2D eigenvalue weighted by molar-refractivity contribution is 5.78. The summed E-state index contributed by atoms with van der Waals surface area (Å²) in [6, 6.07) is 15.7. The molecule has 3 unspecified atom stereocenters. The Balaban J connectivity index is 1.61. The standard InChI is InChI=1S/C19H20N2O4/c1-13-10-17(13)19(14-6-3-2-4-7-14)20-18(22)12-25-16-9-5-8-15(11-16)21(23)24/h2-9,11,13,17,19H,10,12H2,1H3,(H,20,22). The molecule has 2 aromatic carbocycles. The maximum atomic E-state index is 12.3. The molecule has 25 heavy (non-hydrogen) atoms. The van der Waals surface area contributed by atoms with E-state index in [1.165, 1.54) is 18.2 Å². The Morgan fingerprint density at radius 1 is 1.28 bits per heavy atom. The minimum atomic E-state index is -0.493. The van der Waals surface area contributed by atoms with Gasteiger partial charge in [-0.15, -0.1) is 0 Å². The zero-order chi connectivity index (χ0) is 17.8. The number of benzene rings is 2. The Morgan fingerprint density at radius 2 is 2.00 bits per heavy atom. The summed E-state index contributed by atoms with van der Waals surface area (Å²) >= 11 is 0. The Labute approximate surface area is 146 Å². The highest BCUT2D eigenvalue weighted by atomic mass is 16.6. The molecule has 0 aliphatic heterocycles. The molecule has 6 heteroatoms. The van der Waals surface area contributed by atoms with E-state index in [0.29, 0.717) is 17.6 Å². The van der Waals surface area contributed by atoms with Crippen LogP contribution in [0.3, 0.4) is 0 Å². The molecule has 1 fully saturated rings. The van der Waals surface area contributed by atoms with Gasteiger partial charge >= 0.3 is 0 Å². The molecule has 0 saturated heterocycles. The molecule has 3 atom stereocenters. The Bertz CT molecular complexity index is 763. The normalized spacial score (nSPS) is 19.7. The van der Waals surface area contributed by atoms with Gasteiger partial charge < -0.3 is 10.1 Å². The van der Waals surface area contributed by atoms with E-state index in [1.54, 1.807) is 6.07 Å². The van der Waals surface area contributed by atoms with E-state index in [1.807, 2.05) is 30.3 Å². The highest BCUT2D eigenvalue weighted by Crippen LogP contribution is 2.46. The van der Waals surface area contributed by atoms with Crippen LogP contribution in [0, 0.1) is 22.0 Å². The van der Waals surface area contributed by atoms with Crippen molar-refractivity contribution < 1.29 is 14.5 Å². The van der Waals surface area contributed by atoms with Crippen LogP contribution in [-0.4, -0.2) is 17.4 Å². The van der Waals surface area contributed by atoms with Gasteiger partial charge in [0.25, 0.3) is 11.6 Å². The summed E-state index contributed by atoms with van der Waals surface area (Å²) in [7, 11) is 0. The van der Waals surface area contributed by atoms with E-state index < -0.39 is 4.92 Å². The first-order valence-electron chi connectivity index (χ1n) is 8.26. The van der Waals surface area contributed by atoms with E-state index in [2.05, 4.69) is 12.2 Å². The van der Waals surface area contributed by atoms with E-state index in [-0.39, 0.29) is 24.2 Å². The van der Waals surface area contributed by atoms with Crippen molar-refractivity contribution in [3.05, 3.63) is 70.3 Å². The largest absolute Gasteiger partial charge is 0.484 e. The molecular weight excluding hydrogens is 320 g/mol. The zero-order valence-electron chi connectivity index (χ0n) is 13.9. The fourth-order valence-corrected chi connectivity index (χ4v) is 2.96. The van der Waals surface area contributed by atoms with Gasteiger partial charge in [0.05, 0.1) is 17.0 Å². The van der Waals surface area contributed by atoms with Crippen molar-refractivity contribution >= 4 is 11.6 Å². The van der Waals surface area contributed by atoms with Gasteiger partial charge in [-0.2, -0.15) is 0 Å². The van der Waals surface area contributed by atoms with Crippen LogP contribution in [0.15, 0.2) is 54.6 Å². The van der Waals surface area contributed by atoms with Gasteiger partial charge in [0.1, 0.15) is 5.75 Å². The molecule has 0 radical (unpaired) electrons. The minimum Gasteiger partial charge on any atom is -0.484 e. The fraction of sp³-hybridized carbons (Fsp3) is 0.316. The molecule has 0 aromatic heterocycles. The summed E-state index contributed by atoms with van der Waals surface area (Å²) in [5, 5.41) is 13.8. The summed E-state index contributed by atoms with van der Waals surface area (Å²) in [6.45, 7) is 2.00. The number of ether oxygens (including phenoxy) is 1. The maximum Gasteiger partial charge on any atom is 0.273 e. The quantitative estimate of drug-likeness (QED) is 0.618. The molecule has 1 aliphatic carbocycles. The predicted octanol–water partition coefficient (Wildman–Crippen LogP) is 3.49. The second kappa shape index (κ2) is 7.34. The number of hydrogen-bond donors (Lipinski definition) is 1. The second-order valence-electron chi connectivity index (χ2n) is 6.38. The van der Waals surface area contributed by atoms with Crippen LogP contribution in [0.1, 0.15) is 24.9 Å². The average molecular weight is 340 g/mol. The van der Waals surface area contributed by atoms with Crippen LogP contribution >= 0.6 is 0 Å². The second-order valence-corrected chi connectivity index (χ2v) is 6.38. The Hall–Kier alpha value is -2.89. The smallest absolute Gasteiger partial charge is 0.273 e. The van der Waals surface area contributed by atoms with Crippen molar-refractivity contribution in [2.75, 3.05) is 6.61 Å². The molecule has 0 bridgehead atoms. The first-order valence-corrected chi connectivity index (χ1v) is 8.26. The first kappa shape index (κ1) is 17.0. The van der Waals surface area contributed by atoms with Crippen molar-refractivity contribution in [2.24, 2.45) is 11.8 Å². The predicted molar refractivity (Wildman–Crippen MR) is 93.2 cm³/mol. The van der Waals surface area contributed by atoms with Crippen LogP contribution < -0.4 is 10.1 Å². The van der Waals surface area contributed by atoms with Crippen molar-refractivity contribution in [1.82, 2.24) is 5.32 Å². The maximum absolute atomic E-state index is 12.3. The monoisotopic (exact) mass is 340 g/mol. The number of nitro groups is 1. The molecule has 1 aliphatic rings. The van der Waals surface area contributed by atoms with Gasteiger partial charge in [-0.1, -0.05) is 43.3 Å². The lowest BCUT2D eigenvalue weighted by Crippen LogP contribution is -2.34. The molecule has 1 amide bonds. The Kier molecular flexibility index (Phi) is 4.97. The van der Waals surface area contributed by atoms with Crippen LogP contribution in [0.2, 0.25) is 0 Å². The summed E-state index contributed by atoms with van der Waals surface area (Å²) in [5.74, 6) is 1.09. The number of carbonyl (C=O) groups is 1. The number of non-ortho nitro benzene ring substituents is 1. The molecule has 2 aromatic rings. The average Bonchev–Trinajstić information content (AvgIpc) is 3.35. The van der Waals surface area contributed by atoms with Crippen LogP contribution in [0.4, 0.5) is 5.69 Å². The highest BCUT2D eigenvalue weighted by Gasteiger charge is 2.40. The van der Waals surface area contributed by atoms with E-state index in [9.17, 15) is 14.9 Å². The van der Waals surface area contributed by atoms with Crippen molar-refractivity contribution in [3.63, 3.8) is 0 Å². The van der Waals surface area contributed by atoms with Crippen molar-refractivity contribution in [2.45, 2.75) is 19.4 Å². The lowest BCUT2D eigenvalue weighted by Gasteiger charge is -2.19. The third kappa shape index (κ3) is 4.35. The molecule has 6 nitrogen and oxygen atoms in total. The molecular formula is C19H20N2O4. The molecule has 130 valence electrons. The number of nitrogens with zero attached hydrogens (tertiary/aromatic N) is 1. The zero-order valence-corrected chi connectivity index (χ0v) is 13.9. The van der Waals surface area contributed by atoms with Gasteiger partial charge in [-0.3, -0.25) is 14.9 Å². The topological polar surface area (TPSA) is 81.5 Å². The summed E-state index contributed by atoms with van der Waals surface area (Å²) in [6.07, 6.45) is 1.09. The number of rotatable bonds is 7. The molecule has 3 rings (SSSR count). The lowest BCUT2D eigenvalue weighted by molar-refractivity contribution is -0.384. The SMILES string of the molecule is CC1CC1C(NC(=O)COc1cccc([N+](=O)[O-])c1)c1ccccc1. The molecule has 1 saturated carbocycles. The van der Waals surface area contributed by atoms with Crippen LogP contribution in [0.25, 0.3) is 0 Å².